The summed E-state index contributed by atoms with van der Waals surface area (Å²) in [7, 11) is 0. The number of aromatic nitrogens is 1. The highest BCUT2D eigenvalue weighted by Crippen LogP contribution is 2.33. The molecule has 1 saturated heterocycles. The summed E-state index contributed by atoms with van der Waals surface area (Å²) >= 11 is 6.78. The molecule has 1 amide bonds. The van der Waals surface area contributed by atoms with E-state index in [1.54, 1.807) is 35.4 Å². The van der Waals surface area contributed by atoms with Gasteiger partial charge in [0.2, 0.25) is 0 Å². The Morgan fingerprint density at radius 1 is 1.00 bits per heavy atom. The van der Waals surface area contributed by atoms with Crippen LogP contribution in [0, 0.1) is 0 Å². The van der Waals surface area contributed by atoms with Crippen LogP contribution in [0.1, 0.15) is 21.5 Å². The largest absolute Gasteiger partial charge is 0.478 e. The first-order chi connectivity index (χ1) is 17.0. The molecule has 1 aliphatic heterocycles. The Labute approximate surface area is 212 Å². The van der Waals surface area contributed by atoms with Gasteiger partial charge in [-0.3, -0.25) is 14.7 Å². The number of amides is 1. The van der Waals surface area contributed by atoms with Gasteiger partial charge in [0.15, 0.2) is 0 Å². The first kappa shape index (κ1) is 23.0. The Morgan fingerprint density at radius 3 is 2.60 bits per heavy atom. The normalized spacial score (nSPS) is 14.7. The zero-order chi connectivity index (χ0) is 24.4. The first-order valence-electron chi connectivity index (χ1n) is 11.0. The Balaban J connectivity index is 1.32. The maximum atomic E-state index is 13.1. The van der Waals surface area contributed by atoms with E-state index in [2.05, 4.69) is 29.2 Å². The number of hydrogen-bond donors (Lipinski definition) is 1. The van der Waals surface area contributed by atoms with Crippen molar-refractivity contribution in [3.63, 3.8) is 0 Å². The number of carboxylic acid groups (broad SMARTS) is 1. The zero-order valence-electron chi connectivity index (χ0n) is 18.5. The van der Waals surface area contributed by atoms with Gasteiger partial charge in [0.25, 0.3) is 5.91 Å². The minimum absolute atomic E-state index is 0.107. The van der Waals surface area contributed by atoms with Gasteiger partial charge >= 0.3 is 5.97 Å². The van der Waals surface area contributed by atoms with Crippen LogP contribution >= 0.6 is 24.0 Å². The second kappa shape index (κ2) is 9.82. The van der Waals surface area contributed by atoms with Crippen molar-refractivity contribution in [3.8, 4) is 11.1 Å². The molecule has 1 N–H and O–H groups in total. The molecule has 0 radical (unpaired) electrons. The van der Waals surface area contributed by atoms with Gasteiger partial charge in [0, 0.05) is 18.1 Å². The number of thiocarbonyl (C=S) groups is 1. The van der Waals surface area contributed by atoms with Gasteiger partial charge in [-0.25, -0.2) is 4.79 Å². The first-order valence-corrected chi connectivity index (χ1v) is 12.2. The van der Waals surface area contributed by atoms with Crippen LogP contribution in [0.4, 0.5) is 0 Å². The standard InChI is InChI=1S/C28H20N2O3S2/c31-26-25(35-28(34)30(26)14-12-18-6-8-20(9-7-18)27(32)33)16-19-3-1-4-21(15-19)22-10-11-24-23(17-22)5-2-13-29-24/h1-11,13,15-17H,12,14H2,(H,32,33). The molecule has 0 atom stereocenters. The fourth-order valence-electron chi connectivity index (χ4n) is 3.96. The molecule has 35 heavy (non-hydrogen) atoms. The third-order valence-corrected chi connectivity index (χ3v) is 7.20. The molecule has 172 valence electrons. The topological polar surface area (TPSA) is 70.5 Å². The SMILES string of the molecule is O=C(O)c1ccc(CCN2C(=O)C(=Cc3cccc(-c4ccc5ncccc5c4)c3)SC2=S)cc1. The van der Waals surface area contributed by atoms with Gasteiger partial charge < -0.3 is 5.11 Å². The number of hydrogen-bond acceptors (Lipinski definition) is 5. The van der Waals surface area contributed by atoms with Gasteiger partial charge in [-0.1, -0.05) is 66.4 Å². The van der Waals surface area contributed by atoms with Crippen molar-refractivity contribution >= 4 is 57.2 Å². The molecule has 2 heterocycles. The summed E-state index contributed by atoms with van der Waals surface area (Å²) in [6.07, 6.45) is 4.26. The molecule has 5 rings (SSSR count). The molecule has 1 aliphatic rings. The van der Waals surface area contributed by atoms with E-state index in [0.29, 0.717) is 22.2 Å². The second-order valence-corrected chi connectivity index (χ2v) is 9.80. The number of nitrogens with zero attached hydrogens (tertiary/aromatic N) is 2. The maximum Gasteiger partial charge on any atom is 0.335 e. The van der Waals surface area contributed by atoms with Gasteiger partial charge in [-0.2, -0.15) is 0 Å². The molecule has 0 saturated carbocycles. The maximum absolute atomic E-state index is 13.1. The van der Waals surface area contributed by atoms with Crippen LogP contribution in [0.2, 0.25) is 0 Å². The average Bonchev–Trinajstić information content (AvgIpc) is 3.14. The minimum atomic E-state index is -0.958. The van der Waals surface area contributed by atoms with E-state index >= 15 is 0 Å². The summed E-state index contributed by atoms with van der Waals surface area (Å²) in [5.74, 6) is -1.07. The number of benzene rings is 3. The molecule has 0 spiro atoms. The van der Waals surface area contributed by atoms with E-state index in [0.717, 1.165) is 33.2 Å². The summed E-state index contributed by atoms with van der Waals surface area (Å²) < 4.78 is 0.529. The summed E-state index contributed by atoms with van der Waals surface area (Å²) in [6, 6.07) is 24.9. The Morgan fingerprint density at radius 2 is 1.80 bits per heavy atom. The van der Waals surface area contributed by atoms with Crippen molar-refractivity contribution in [3.05, 3.63) is 107 Å². The number of thioether (sulfide) groups is 1. The monoisotopic (exact) mass is 496 g/mol. The number of carbonyl (C=O) groups excluding carboxylic acids is 1. The summed E-state index contributed by atoms with van der Waals surface area (Å²) in [5.41, 5.74) is 5.22. The Kier molecular flexibility index (Phi) is 6.44. The van der Waals surface area contributed by atoms with Crippen molar-refractivity contribution in [2.75, 3.05) is 6.54 Å². The van der Waals surface area contributed by atoms with Crippen molar-refractivity contribution < 1.29 is 14.7 Å². The molecular weight excluding hydrogens is 476 g/mol. The highest BCUT2D eigenvalue weighted by Gasteiger charge is 2.31. The average molecular weight is 497 g/mol. The fraction of sp³-hybridized carbons (Fsp3) is 0.0714. The lowest BCUT2D eigenvalue weighted by Crippen LogP contribution is -2.30. The number of rotatable bonds is 6. The van der Waals surface area contributed by atoms with Gasteiger partial charge in [0.05, 0.1) is 16.0 Å². The molecule has 7 heteroatoms. The van der Waals surface area contributed by atoms with E-state index in [4.69, 9.17) is 17.3 Å². The molecule has 1 aromatic heterocycles. The molecule has 1 fully saturated rings. The van der Waals surface area contributed by atoms with Crippen LogP contribution in [0.5, 0.6) is 0 Å². The molecule has 0 unspecified atom stereocenters. The fourth-order valence-corrected chi connectivity index (χ4v) is 5.27. The third-order valence-electron chi connectivity index (χ3n) is 5.82. The molecule has 0 aliphatic carbocycles. The van der Waals surface area contributed by atoms with E-state index < -0.39 is 5.97 Å². The number of fused-ring (bicyclic) bond motifs is 1. The molecule has 5 nitrogen and oxygen atoms in total. The van der Waals surface area contributed by atoms with E-state index in [9.17, 15) is 9.59 Å². The molecule has 0 bridgehead atoms. The van der Waals surface area contributed by atoms with Crippen molar-refractivity contribution in [1.29, 1.82) is 0 Å². The lowest BCUT2D eigenvalue weighted by atomic mass is 10.0. The van der Waals surface area contributed by atoms with Gasteiger partial charge in [0.1, 0.15) is 4.32 Å². The van der Waals surface area contributed by atoms with Crippen LogP contribution < -0.4 is 0 Å². The zero-order valence-corrected chi connectivity index (χ0v) is 20.2. The van der Waals surface area contributed by atoms with E-state index in [1.165, 1.54) is 11.8 Å². The molecule has 4 aromatic rings. The minimum Gasteiger partial charge on any atom is -0.478 e. The number of carboxylic acids is 1. The van der Waals surface area contributed by atoms with Crippen molar-refractivity contribution in [2.24, 2.45) is 0 Å². The number of pyridine rings is 1. The summed E-state index contributed by atoms with van der Waals surface area (Å²) in [4.78, 5) is 30.7. The quantitative estimate of drug-likeness (QED) is 0.259. The summed E-state index contributed by atoms with van der Waals surface area (Å²) in [5, 5.41) is 10.1. The van der Waals surface area contributed by atoms with Crippen molar-refractivity contribution in [2.45, 2.75) is 6.42 Å². The lowest BCUT2D eigenvalue weighted by molar-refractivity contribution is -0.122. The number of aromatic carboxylic acids is 1. The Hall–Kier alpha value is -3.81. The van der Waals surface area contributed by atoms with Crippen LogP contribution in [0.25, 0.3) is 28.1 Å². The highest BCUT2D eigenvalue weighted by molar-refractivity contribution is 8.26. The van der Waals surface area contributed by atoms with Gasteiger partial charge in [-0.15, -0.1) is 0 Å². The number of carbonyl (C=O) groups is 2. The van der Waals surface area contributed by atoms with Crippen LogP contribution in [-0.4, -0.2) is 37.7 Å². The summed E-state index contributed by atoms with van der Waals surface area (Å²) in [6.45, 7) is 0.444. The van der Waals surface area contributed by atoms with Crippen LogP contribution in [0.15, 0.2) is 90.0 Å². The second-order valence-electron chi connectivity index (χ2n) is 8.12. The predicted molar refractivity (Wildman–Crippen MR) is 144 cm³/mol. The lowest BCUT2D eigenvalue weighted by Gasteiger charge is -2.14. The van der Waals surface area contributed by atoms with E-state index in [1.807, 2.05) is 36.4 Å². The highest BCUT2D eigenvalue weighted by atomic mass is 32.2. The van der Waals surface area contributed by atoms with Crippen molar-refractivity contribution in [1.82, 2.24) is 9.88 Å². The predicted octanol–water partition coefficient (Wildman–Crippen LogP) is 6.04. The van der Waals surface area contributed by atoms with Crippen LogP contribution in [0.3, 0.4) is 0 Å². The third kappa shape index (κ3) is 5.01. The van der Waals surface area contributed by atoms with Crippen LogP contribution in [-0.2, 0) is 11.2 Å². The smallest absolute Gasteiger partial charge is 0.335 e. The Bertz CT molecular complexity index is 1500. The molecule has 3 aromatic carbocycles. The van der Waals surface area contributed by atoms with E-state index in [-0.39, 0.29) is 11.5 Å². The molecular formula is C28H20N2O3S2. The van der Waals surface area contributed by atoms with Gasteiger partial charge in [-0.05, 0) is 71.1 Å².